The maximum atomic E-state index is 11.3. The van der Waals surface area contributed by atoms with Gasteiger partial charge in [0, 0.05) is 6.54 Å². The molecule has 1 amide bonds. The normalized spacial score (nSPS) is 24.2. The zero-order chi connectivity index (χ0) is 12.0. The van der Waals surface area contributed by atoms with Crippen LogP contribution in [0.3, 0.4) is 0 Å². The molecule has 1 rings (SSSR count). The summed E-state index contributed by atoms with van der Waals surface area (Å²) in [6.45, 7) is 5.94. The van der Waals surface area contributed by atoms with Crippen molar-refractivity contribution in [3.05, 3.63) is 0 Å². The average Bonchev–Trinajstić information content (AvgIpc) is 2.27. The molecule has 0 saturated heterocycles. The molecule has 1 aliphatic carbocycles. The van der Waals surface area contributed by atoms with E-state index in [1.807, 2.05) is 0 Å². The van der Waals surface area contributed by atoms with Crippen LogP contribution in [0.1, 0.15) is 39.5 Å². The van der Waals surface area contributed by atoms with Crippen LogP contribution in [0.2, 0.25) is 0 Å². The summed E-state index contributed by atoms with van der Waals surface area (Å²) in [7, 11) is 1.80. The number of carbonyl (C=O) groups excluding carboxylic acids is 1. The van der Waals surface area contributed by atoms with Crippen molar-refractivity contribution in [3.8, 4) is 0 Å². The third kappa shape index (κ3) is 6.27. The molecule has 0 unspecified atom stereocenters. The first kappa shape index (κ1) is 16.7. The molecule has 0 aromatic heterocycles. The quantitative estimate of drug-likeness (QED) is 0.798. The van der Waals surface area contributed by atoms with Crippen LogP contribution in [-0.2, 0) is 4.79 Å². The van der Waals surface area contributed by atoms with Gasteiger partial charge in [-0.2, -0.15) is 0 Å². The predicted octanol–water partition coefficient (Wildman–Crippen LogP) is 2.21. The van der Waals surface area contributed by atoms with Crippen LogP contribution >= 0.6 is 12.4 Å². The summed E-state index contributed by atoms with van der Waals surface area (Å²) in [6.07, 6.45) is 5.24. The topological polar surface area (TPSA) is 41.1 Å². The molecule has 1 fully saturated rings. The Morgan fingerprint density at radius 3 is 2.29 bits per heavy atom. The number of carbonyl (C=O) groups is 1. The van der Waals surface area contributed by atoms with Crippen molar-refractivity contribution >= 4 is 18.3 Å². The Bertz CT molecular complexity index is 213. The van der Waals surface area contributed by atoms with Gasteiger partial charge in [0.1, 0.15) is 0 Å². The molecule has 0 aromatic rings. The van der Waals surface area contributed by atoms with Gasteiger partial charge >= 0.3 is 0 Å². The molecule has 4 heteroatoms. The highest BCUT2D eigenvalue weighted by Crippen LogP contribution is 2.32. The van der Waals surface area contributed by atoms with Crippen molar-refractivity contribution in [2.75, 3.05) is 20.1 Å². The van der Waals surface area contributed by atoms with Crippen molar-refractivity contribution in [2.45, 2.75) is 39.5 Å². The number of hydrogen-bond donors (Lipinski definition) is 2. The first-order valence-electron chi connectivity index (χ1n) is 6.54. The Balaban J connectivity index is 0.00000256. The molecule has 0 atom stereocenters. The number of halogens is 1. The van der Waals surface area contributed by atoms with E-state index < -0.39 is 0 Å². The van der Waals surface area contributed by atoms with Gasteiger partial charge in [-0.15, -0.1) is 12.4 Å². The van der Waals surface area contributed by atoms with Crippen LogP contribution in [-0.4, -0.2) is 26.0 Å². The van der Waals surface area contributed by atoms with Gasteiger partial charge < -0.3 is 10.6 Å². The Labute approximate surface area is 112 Å². The minimum absolute atomic E-state index is 0. The molecule has 1 saturated carbocycles. The molecule has 0 aromatic carbocycles. The number of likely N-dealkylation sites (N-methyl/N-ethyl adjacent to an activating group) is 1. The smallest absolute Gasteiger partial charge is 0.233 e. The van der Waals surface area contributed by atoms with E-state index in [0.29, 0.717) is 12.5 Å². The molecule has 17 heavy (non-hydrogen) atoms. The molecule has 0 bridgehead atoms. The van der Waals surface area contributed by atoms with E-state index in [0.717, 1.165) is 18.4 Å². The molecular formula is C13H27ClN2O. The summed E-state index contributed by atoms with van der Waals surface area (Å²) in [4.78, 5) is 11.3. The largest absolute Gasteiger partial charge is 0.355 e. The Hall–Kier alpha value is -0.280. The molecule has 0 radical (unpaired) electrons. The number of amides is 1. The van der Waals surface area contributed by atoms with E-state index in [-0.39, 0.29) is 18.3 Å². The predicted molar refractivity (Wildman–Crippen MR) is 74.5 cm³/mol. The van der Waals surface area contributed by atoms with Crippen LogP contribution in [0.4, 0.5) is 0 Å². The minimum Gasteiger partial charge on any atom is -0.355 e. The summed E-state index contributed by atoms with van der Waals surface area (Å²) in [6, 6.07) is 0. The summed E-state index contributed by atoms with van der Waals surface area (Å²) < 4.78 is 0. The first-order valence-corrected chi connectivity index (χ1v) is 6.54. The van der Waals surface area contributed by atoms with Gasteiger partial charge in [-0.05, 0) is 50.5 Å². The van der Waals surface area contributed by atoms with Gasteiger partial charge in [-0.1, -0.05) is 13.8 Å². The maximum Gasteiger partial charge on any atom is 0.233 e. The van der Waals surface area contributed by atoms with E-state index in [4.69, 9.17) is 0 Å². The van der Waals surface area contributed by atoms with Crippen molar-refractivity contribution in [2.24, 2.45) is 17.8 Å². The van der Waals surface area contributed by atoms with Crippen molar-refractivity contribution in [1.29, 1.82) is 0 Å². The maximum absolute atomic E-state index is 11.3. The molecule has 0 aliphatic heterocycles. The van der Waals surface area contributed by atoms with Crippen LogP contribution in [0.5, 0.6) is 0 Å². The summed E-state index contributed by atoms with van der Waals surface area (Å²) >= 11 is 0. The van der Waals surface area contributed by atoms with Crippen molar-refractivity contribution < 1.29 is 4.79 Å². The van der Waals surface area contributed by atoms with Crippen LogP contribution in [0.15, 0.2) is 0 Å². The first-order chi connectivity index (χ1) is 7.63. The fourth-order valence-electron chi connectivity index (χ4n) is 2.54. The Morgan fingerprint density at radius 1 is 1.24 bits per heavy atom. The summed E-state index contributed by atoms with van der Waals surface area (Å²) in [5.41, 5.74) is 0. The lowest BCUT2D eigenvalue weighted by atomic mass is 9.77. The van der Waals surface area contributed by atoms with E-state index in [9.17, 15) is 4.79 Å². The molecule has 1 aliphatic rings. The Kier molecular flexibility index (Phi) is 8.61. The van der Waals surface area contributed by atoms with E-state index in [1.165, 1.54) is 25.7 Å². The van der Waals surface area contributed by atoms with Gasteiger partial charge in [0.05, 0.1) is 6.54 Å². The van der Waals surface area contributed by atoms with Gasteiger partial charge in [0.15, 0.2) is 0 Å². The highest BCUT2D eigenvalue weighted by molar-refractivity contribution is 5.85. The zero-order valence-corrected chi connectivity index (χ0v) is 12.1. The van der Waals surface area contributed by atoms with Gasteiger partial charge in [-0.3, -0.25) is 4.79 Å². The monoisotopic (exact) mass is 262 g/mol. The molecular weight excluding hydrogens is 236 g/mol. The van der Waals surface area contributed by atoms with E-state index in [1.54, 1.807) is 7.05 Å². The van der Waals surface area contributed by atoms with Gasteiger partial charge in [0.25, 0.3) is 0 Å². The Morgan fingerprint density at radius 2 is 1.82 bits per heavy atom. The van der Waals surface area contributed by atoms with Crippen molar-refractivity contribution in [3.63, 3.8) is 0 Å². The lowest BCUT2D eigenvalue weighted by molar-refractivity contribution is -0.120. The second-order valence-electron chi connectivity index (χ2n) is 5.36. The van der Waals surface area contributed by atoms with Crippen molar-refractivity contribution in [1.82, 2.24) is 10.6 Å². The summed E-state index contributed by atoms with van der Waals surface area (Å²) in [5.74, 6) is 2.55. The third-order valence-electron chi connectivity index (χ3n) is 3.76. The lowest BCUT2D eigenvalue weighted by Crippen LogP contribution is -2.36. The van der Waals surface area contributed by atoms with Crippen LogP contribution in [0.25, 0.3) is 0 Å². The van der Waals surface area contributed by atoms with Gasteiger partial charge in [-0.25, -0.2) is 0 Å². The molecule has 2 N–H and O–H groups in total. The SMILES string of the molecule is CNCC(=O)NCC1CCC(C(C)C)CC1.Cl. The third-order valence-corrected chi connectivity index (χ3v) is 3.76. The lowest BCUT2D eigenvalue weighted by Gasteiger charge is -2.30. The molecule has 3 nitrogen and oxygen atoms in total. The standard InChI is InChI=1S/C13H26N2O.ClH/c1-10(2)12-6-4-11(5-7-12)8-15-13(16)9-14-3;/h10-12,14H,4-9H2,1-3H3,(H,15,16);1H. The molecule has 102 valence electrons. The highest BCUT2D eigenvalue weighted by Gasteiger charge is 2.23. The second-order valence-corrected chi connectivity index (χ2v) is 5.36. The average molecular weight is 263 g/mol. The highest BCUT2D eigenvalue weighted by atomic mass is 35.5. The number of nitrogens with one attached hydrogen (secondary N) is 2. The van der Waals surface area contributed by atoms with E-state index >= 15 is 0 Å². The van der Waals surface area contributed by atoms with E-state index in [2.05, 4.69) is 24.5 Å². The summed E-state index contributed by atoms with van der Waals surface area (Å²) in [5, 5.41) is 5.86. The molecule has 0 heterocycles. The van der Waals surface area contributed by atoms with Crippen LogP contribution < -0.4 is 10.6 Å². The zero-order valence-electron chi connectivity index (χ0n) is 11.3. The number of hydrogen-bond acceptors (Lipinski definition) is 2. The fourth-order valence-corrected chi connectivity index (χ4v) is 2.54. The number of rotatable bonds is 5. The van der Waals surface area contributed by atoms with Gasteiger partial charge in [0.2, 0.25) is 5.91 Å². The second kappa shape index (κ2) is 8.76. The minimum atomic E-state index is 0. The fraction of sp³-hybridized carbons (Fsp3) is 0.923. The van der Waals surface area contributed by atoms with Crippen LogP contribution in [0, 0.1) is 17.8 Å². The molecule has 0 spiro atoms.